The Hall–Kier alpha value is -2.65. The number of benzene rings is 2. The fourth-order valence-corrected chi connectivity index (χ4v) is 2.47. The van der Waals surface area contributed by atoms with Crippen LogP contribution in [0.3, 0.4) is 0 Å². The molecule has 1 aromatic heterocycles. The quantitative estimate of drug-likeness (QED) is 0.751. The van der Waals surface area contributed by atoms with Crippen LogP contribution in [0.4, 0.5) is 5.82 Å². The molecule has 112 valence electrons. The fraction of sp³-hybridized carbons (Fsp3) is 0.105. The number of nitrogens with two attached hydrogens (primary N) is 1. The highest BCUT2D eigenvalue weighted by atomic mass is 14.8. The van der Waals surface area contributed by atoms with E-state index in [1.807, 2.05) is 19.1 Å². The smallest absolute Gasteiger partial charge is 0.127 e. The van der Waals surface area contributed by atoms with E-state index in [4.69, 9.17) is 5.73 Å². The first kappa shape index (κ1) is 15.7. The molecule has 3 nitrogen and oxygen atoms in total. The third-order valence-electron chi connectivity index (χ3n) is 3.58. The maximum Gasteiger partial charge on any atom is 0.127 e. The van der Waals surface area contributed by atoms with E-state index in [1.165, 1.54) is 16.7 Å². The second-order valence-electron chi connectivity index (χ2n) is 5.24. The van der Waals surface area contributed by atoms with Crippen molar-refractivity contribution < 1.29 is 0 Å². The standard InChI is InChI=1S/C19H18N2.H3N/c1-14-10-11-18(19(20)21-14)13-15-6-5-9-17(12-15)16-7-3-2-4-8-16;/h2-12H,13H2,1H3,(H2,20,21);1H3. The van der Waals surface area contributed by atoms with Gasteiger partial charge in [-0.3, -0.25) is 0 Å². The molecular weight excluding hydrogens is 270 g/mol. The summed E-state index contributed by atoms with van der Waals surface area (Å²) in [6, 6.07) is 23.0. The molecule has 0 aliphatic rings. The van der Waals surface area contributed by atoms with E-state index in [-0.39, 0.29) is 6.15 Å². The molecule has 3 rings (SSSR count). The summed E-state index contributed by atoms with van der Waals surface area (Å²) in [5.74, 6) is 0.625. The summed E-state index contributed by atoms with van der Waals surface area (Å²) >= 11 is 0. The van der Waals surface area contributed by atoms with Crippen molar-refractivity contribution in [2.75, 3.05) is 5.73 Å². The zero-order valence-electron chi connectivity index (χ0n) is 12.8. The number of anilines is 1. The van der Waals surface area contributed by atoms with Gasteiger partial charge in [-0.2, -0.15) is 0 Å². The molecule has 0 atom stereocenters. The molecule has 1 heterocycles. The van der Waals surface area contributed by atoms with Crippen molar-refractivity contribution in [2.45, 2.75) is 13.3 Å². The molecule has 0 unspecified atom stereocenters. The minimum atomic E-state index is 0. The molecule has 0 bridgehead atoms. The lowest BCUT2D eigenvalue weighted by atomic mass is 9.99. The van der Waals surface area contributed by atoms with Crippen LogP contribution < -0.4 is 11.9 Å². The Balaban J connectivity index is 0.00000176. The highest BCUT2D eigenvalue weighted by molar-refractivity contribution is 5.64. The normalized spacial score (nSPS) is 10.0. The minimum absolute atomic E-state index is 0. The highest BCUT2D eigenvalue weighted by Gasteiger charge is 2.04. The van der Waals surface area contributed by atoms with Gasteiger partial charge in [-0.15, -0.1) is 0 Å². The second kappa shape index (κ2) is 6.87. The van der Waals surface area contributed by atoms with Gasteiger partial charge in [0, 0.05) is 12.1 Å². The number of rotatable bonds is 3. The molecule has 2 aromatic carbocycles. The Kier molecular flexibility index (Phi) is 4.92. The zero-order chi connectivity index (χ0) is 14.7. The van der Waals surface area contributed by atoms with Crippen molar-refractivity contribution in [1.82, 2.24) is 11.1 Å². The van der Waals surface area contributed by atoms with E-state index in [9.17, 15) is 0 Å². The summed E-state index contributed by atoms with van der Waals surface area (Å²) in [6.07, 6.45) is 0.805. The molecule has 0 fully saturated rings. The Bertz CT molecular complexity index is 752. The van der Waals surface area contributed by atoms with Crippen molar-refractivity contribution in [1.29, 1.82) is 0 Å². The van der Waals surface area contributed by atoms with Crippen LogP contribution in [0, 0.1) is 6.92 Å². The molecule has 0 radical (unpaired) electrons. The van der Waals surface area contributed by atoms with Crippen LogP contribution in [0.25, 0.3) is 11.1 Å². The summed E-state index contributed by atoms with van der Waals surface area (Å²) in [5.41, 5.74) is 11.7. The zero-order valence-corrected chi connectivity index (χ0v) is 12.8. The predicted octanol–water partition coefficient (Wildman–Crippen LogP) is 4.39. The lowest BCUT2D eigenvalue weighted by Crippen LogP contribution is -2.00. The van der Waals surface area contributed by atoms with Crippen molar-refractivity contribution in [2.24, 2.45) is 0 Å². The van der Waals surface area contributed by atoms with Gasteiger partial charge in [0.05, 0.1) is 0 Å². The van der Waals surface area contributed by atoms with E-state index >= 15 is 0 Å². The van der Waals surface area contributed by atoms with Crippen LogP contribution >= 0.6 is 0 Å². The number of pyridine rings is 1. The first-order chi connectivity index (χ1) is 10.2. The van der Waals surface area contributed by atoms with Gasteiger partial charge in [-0.05, 0) is 35.2 Å². The molecule has 22 heavy (non-hydrogen) atoms. The van der Waals surface area contributed by atoms with Gasteiger partial charge in [0.25, 0.3) is 0 Å². The largest absolute Gasteiger partial charge is 0.383 e. The van der Waals surface area contributed by atoms with Gasteiger partial charge in [0.1, 0.15) is 5.82 Å². The first-order valence-corrected chi connectivity index (χ1v) is 7.09. The summed E-state index contributed by atoms with van der Waals surface area (Å²) in [4.78, 5) is 4.33. The lowest BCUT2D eigenvalue weighted by Gasteiger charge is -2.08. The van der Waals surface area contributed by atoms with E-state index in [0.717, 1.165) is 17.7 Å². The van der Waals surface area contributed by atoms with E-state index in [1.54, 1.807) is 0 Å². The Morgan fingerprint density at radius 3 is 2.32 bits per heavy atom. The third-order valence-corrected chi connectivity index (χ3v) is 3.58. The number of hydrogen-bond acceptors (Lipinski definition) is 3. The van der Waals surface area contributed by atoms with Crippen LogP contribution in [-0.4, -0.2) is 4.98 Å². The number of nitrogen functional groups attached to an aromatic ring is 1. The molecule has 5 N–H and O–H groups in total. The molecule has 0 saturated heterocycles. The van der Waals surface area contributed by atoms with Gasteiger partial charge in [0.15, 0.2) is 0 Å². The summed E-state index contributed by atoms with van der Waals surface area (Å²) in [7, 11) is 0. The van der Waals surface area contributed by atoms with Crippen LogP contribution in [0.2, 0.25) is 0 Å². The van der Waals surface area contributed by atoms with E-state index in [2.05, 4.69) is 59.6 Å². The molecule has 0 amide bonds. The van der Waals surface area contributed by atoms with E-state index in [0.29, 0.717) is 5.82 Å². The molecule has 0 aliphatic carbocycles. The van der Waals surface area contributed by atoms with Gasteiger partial charge in [-0.1, -0.05) is 60.7 Å². The lowest BCUT2D eigenvalue weighted by molar-refractivity contribution is 1.12. The van der Waals surface area contributed by atoms with Crippen LogP contribution in [0.15, 0.2) is 66.7 Å². The minimum Gasteiger partial charge on any atom is -0.383 e. The van der Waals surface area contributed by atoms with Crippen molar-refractivity contribution in [3.8, 4) is 11.1 Å². The summed E-state index contributed by atoms with van der Waals surface area (Å²) in [6.45, 7) is 1.95. The van der Waals surface area contributed by atoms with Gasteiger partial charge in [-0.25, -0.2) is 4.98 Å². The van der Waals surface area contributed by atoms with E-state index < -0.39 is 0 Å². The van der Waals surface area contributed by atoms with Crippen LogP contribution in [0.5, 0.6) is 0 Å². The summed E-state index contributed by atoms with van der Waals surface area (Å²) in [5, 5.41) is 0. The number of hydrogen-bond donors (Lipinski definition) is 2. The molecular formula is C19H21N3. The number of aromatic nitrogens is 1. The Labute approximate surface area is 131 Å². The number of nitrogens with zero attached hydrogens (tertiary/aromatic N) is 1. The maximum atomic E-state index is 6.01. The van der Waals surface area contributed by atoms with Gasteiger partial charge >= 0.3 is 0 Å². The van der Waals surface area contributed by atoms with Crippen LogP contribution in [0.1, 0.15) is 16.8 Å². The van der Waals surface area contributed by atoms with Gasteiger partial charge < -0.3 is 11.9 Å². The second-order valence-corrected chi connectivity index (χ2v) is 5.24. The molecule has 0 aliphatic heterocycles. The topological polar surface area (TPSA) is 73.9 Å². The van der Waals surface area contributed by atoms with Crippen molar-refractivity contribution in [3.63, 3.8) is 0 Å². The summed E-state index contributed by atoms with van der Waals surface area (Å²) < 4.78 is 0. The highest BCUT2D eigenvalue weighted by Crippen LogP contribution is 2.22. The number of aryl methyl sites for hydroxylation is 1. The maximum absolute atomic E-state index is 6.01. The molecule has 0 spiro atoms. The fourth-order valence-electron chi connectivity index (χ4n) is 2.47. The van der Waals surface area contributed by atoms with Crippen molar-refractivity contribution >= 4 is 5.82 Å². The molecule has 3 heteroatoms. The first-order valence-electron chi connectivity index (χ1n) is 7.09. The predicted molar refractivity (Wildman–Crippen MR) is 93.1 cm³/mol. The molecule has 3 aromatic rings. The molecule has 0 saturated carbocycles. The van der Waals surface area contributed by atoms with Crippen molar-refractivity contribution in [3.05, 3.63) is 83.6 Å². The average Bonchev–Trinajstić information content (AvgIpc) is 2.51. The van der Waals surface area contributed by atoms with Crippen LogP contribution in [-0.2, 0) is 6.42 Å². The SMILES string of the molecule is Cc1ccc(Cc2cccc(-c3ccccc3)c2)c(N)n1.N. The van der Waals surface area contributed by atoms with Gasteiger partial charge in [0.2, 0.25) is 0 Å². The average molecular weight is 291 g/mol. The third kappa shape index (κ3) is 3.51. The Morgan fingerprint density at radius 1 is 0.864 bits per heavy atom. The Morgan fingerprint density at radius 2 is 1.59 bits per heavy atom. The monoisotopic (exact) mass is 291 g/mol.